The summed E-state index contributed by atoms with van der Waals surface area (Å²) in [6, 6.07) is 4.03. The first-order valence-corrected chi connectivity index (χ1v) is 7.74. The van der Waals surface area contributed by atoms with Gasteiger partial charge in [-0.05, 0) is 38.8 Å². The fraction of sp³-hybridized carbons (Fsp3) is 0.750. The molecule has 20 heavy (non-hydrogen) atoms. The van der Waals surface area contributed by atoms with Crippen molar-refractivity contribution in [3.63, 3.8) is 0 Å². The van der Waals surface area contributed by atoms with Gasteiger partial charge < -0.3 is 19.6 Å². The van der Waals surface area contributed by atoms with Crippen LogP contribution in [0.5, 0.6) is 0 Å². The molecule has 2 rings (SSSR count). The normalized spacial score (nSPS) is 19.9. The first kappa shape index (κ1) is 15.5. The topological polar surface area (TPSA) is 54.6 Å². The van der Waals surface area contributed by atoms with E-state index in [1.54, 1.807) is 0 Å². The molecule has 0 spiro atoms. The van der Waals surface area contributed by atoms with Gasteiger partial charge in [0.2, 0.25) is 0 Å². The molecule has 2 N–H and O–H groups in total. The van der Waals surface area contributed by atoms with Crippen LogP contribution in [-0.2, 0) is 4.74 Å². The van der Waals surface area contributed by atoms with Gasteiger partial charge in [-0.25, -0.2) is 0 Å². The van der Waals surface area contributed by atoms with Gasteiger partial charge in [0.05, 0.1) is 24.9 Å². The van der Waals surface area contributed by atoms with Crippen molar-refractivity contribution in [3.8, 4) is 0 Å². The van der Waals surface area contributed by atoms with Crippen molar-refractivity contribution >= 4 is 0 Å². The monoisotopic (exact) mass is 281 g/mol. The number of nitrogens with one attached hydrogen (secondary N) is 1. The van der Waals surface area contributed by atoms with Gasteiger partial charge in [-0.3, -0.25) is 0 Å². The highest BCUT2D eigenvalue weighted by Crippen LogP contribution is 2.20. The zero-order chi connectivity index (χ0) is 14.4. The van der Waals surface area contributed by atoms with Crippen LogP contribution >= 0.6 is 0 Å². The summed E-state index contributed by atoms with van der Waals surface area (Å²) in [6.07, 6.45) is 6.01. The fourth-order valence-corrected chi connectivity index (χ4v) is 2.64. The maximum absolute atomic E-state index is 9.96. The number of aryl methyl sites for hydroxylation is 1. The molecule has 0 saturated heterocycles. The third-order valence-electron chi connectivity index (χ3n) is 3.92. The zero-order valence-electron chi connectivity index (χ0n) is 12.6. The Hall–Kier alpha value is -0.840. The highest BCUT2D eigenvalue weighted by molar-refractivity contribution is 5.08. The van der Waals surface area contributed by atoms with Gasteiger partial charge in [-0.2, -0.15) is 0 Å². The molecule has 1 aliphatic carbocycles. The minimum atomic E-state index is -0.463. The molecule has 0 radical (unpaired) electrons. The summed E-state index contributed by atoms with van der Waals surface area (Å²) in [5.74, 6) is 1.82. The summed E-state index contributed by atoms with van der Waals surface area (Å²) in [5, 5.41) is 13.2. The van der Waals surface area contributed by atoms with Crippen LogP contribution in [0.2, 0.25) is 0 Å². The predicted octanol–water partition coefficient (Wildman–Crippen LogP) is 2.95. The predicted molar refractivity (Wildman–Crippen MR) is 78.7 cm³/mol. The second kappa shape index (κ2) is 7.81. The van der Waals surface area contributed by atoms with Gasteiger partial charge in [-0.15, -0.1) is 0 Å². The van der Waals surface area contributed by atoms with Crippen LogP contribution in [-0.4, -0.2) is 30.5 Å². The molecule has 1 aromatic heterocycles. The lowest BCUT2D eigenvalue weighted by Gasteiger charge is -2.24. The average Bonchev–Trinajstić information content (AvgIpc) is 2.90. The van der Waals surface area contributed by atoms with Crippen molar-refractivity contribution in [3.05, 3.63) is 23.7 Å². The molecule has 1 heterocycles. The van der Waals surface area contributed by atoms with Crippen LogP contribution in [0, 0.1) is 6.92 Å². The molecular weight excluding hydrogens is 254 g/mol. The Morgan fingerprint density at radius 3 is 2.75 bits per heavy atom. The summed E-state index contributed by atoms with van der Waals surface area (Å²) in [7, 11) is 0. The van der Waals surface area contributed by atoms with E-state index < -0.39 is 6.10 Å². The molecule has 1 aromatic rings. The van der Waals surface area contributed by atoms with Crippen molar-refractivity contribution in [1.82, 2.24) is 5.32 Å². The Labute approximate surface area is 121 Å². The molecule has 0 amide bonds. The van der Waals surface area contributed by atoms with Gasteiger partial charge in [-0.1, -0.05) is 19.3 Å². The van der Waals surface area contributed by atoms with Crippen LogP contribution < -0.4 is 5.32 Å². The van der Waals surface area contributed by atoms with E-state index in [1.165, 1.54) is 19.3 Å². The third-order valence-corrected chi connectivity index (χ3v) is 3.92. The number of rotatable bonds is 7. The molecule has 4 nitrogen and oxygen atoms in total. The van der Waals surface area contributed by atoms with Crippen molar-refractivity contribution in [2.45, 2.75) is 64.2 Å². The number of hydrogen-bond donors (Lipinski definition) is 2. The highest BCUT2D eigenvalue weighted by atomic mass is 16.5. The van der Waals surface area contributed by atoms with E-state index in [9.17, 15) is 5.11 Å². The third kappa shape index (κ3) is 4.93. The van der Waals surface area contributed by atoms with Gasteiger partial charge in [0, 0.05) is 6.54 Å². The molecule has 114 valence electrons. The van der Waals surface area contributed by atoms with Crippen LogP contribution in [0.25, 0.3) is 0 Å². The Balaban J connectivity index is 1.62. The SMILES string of the molecule is Cc1ccc(C(C)NCC(O)COC2CCCCC2)o1. The molecule has 2 atom stereocenters. The summed E-state index contributed by atoms with van der Waals surface area (Å²) in [5.41, 5.74) is 0. The highest BCUT2D eigenvalue weighted by Gasteiger charge is 2.16. The van der Waals surface area contributed by atoms with E-state index in [0.717, 1.165) is 24.4 Å². The number of hydrogen-bond acceptors (Lipinski definition) is 4. The number of aliphatic hydroxyl groups excluding tert-OH is 1. The molecule has 0 bridgehead atoms. The van der Waals surface area contributed by atoms with E-state index in [4.69, 9.17) is 9.15 Å². The molecule has 0 aliphatic heterocycles. The first-order chi connectivity index (χ1) is 9.65. The average molecular weight is 281 g/mol. The smallest absolute Gasteiger partial charge is 0.120 e. The summed E-state index contributed by atoms with van der Waals surface area (Å²) in [6.45, 7) is 4.91. The Kier molecular flexibility index (Phi) is 6.07. The Morgan fingerprint density at radius 1 is 1.35 bits per heavy atom. The second-order valence-corrected chi connectivity index (χ2v) is 5.83. The molecule has 1 saturated carbocycles. The van der Waals surface area contributed by atoms with Gasteiger partial charge in [0.25, 0.3) is 0 Å². The van der Waals surface area contributed by atoms with E-state index in [1.807, 2.05) is 26.0 Å². The molecule has 2 unspecified atom stereocenters. The van der Waals surface area contributed by atoms with E-state index >= 15 is 0 Å². The minimum absolute atomic E-state index is 0.105. The van der Waals surface area contributed by atoms with Crippen LogP contribution in [0.3, 0.4) is 0 Å². The molecular formula is C16H27NO3. The van der Waals surface area contributed by atoms with Crippen molar-refractivity contribution in [2.24, 2.45) is 0 Å². The summed E-state index contributed by atoms with van der Waals surface area (Å²) in [4.78, 5) is 0. The Bertz CT molecular complexity index is 385. The molecule has 4 heteroatoms. The maximum atomic E-state index is 9.96. The van der Waals surface area contributed by atoms with Gasteiger partial charge >= 0.3 is 0 Å². The lowest BCUT2D eigenvalue weighted by atomic mass is 9.98. The van der Waals surface area contributed by atoms with Crippen LogP contribution in [0.15, 0.2) is 16.5 Å². The summed E-state index contributed by atoms with van der Waals surface area (Å²) >= 11 is 0. The molecule has 1 aliphatic rings. The van der Waals surface area contributed by atoms with Gasteiger partial charge in [0.1, 0.15) is 11.5 Å². The molecule has 0 aromatic carbocycles. The van der Waals surface area contributed by atoms with Gasteiger partial charge in [0.15, 0.2) is 0 Å². The maximum Gasteiger partial charge on any atom is 0.120 e. The van der Waals surface area contributed by atoms with Crippen molar-refractivity contribution in [2.75, 3.05) is 13.2 Å². The first-order valence-electron chi connectivity index (χ1n) is 7.74. The quantitative estimate of drug-likeness (QED) is 0.807. The second-order valence-electron chi connectivity index (χ2n) is 5.83. The summed E-state index contributed by atoms with van der Waals surface area (Å²) < 4.78 is 11.3. The fourth-order valence-electron chi connectivity index (χ4n) is 2.64. The lowest BCUT2D eigenvalue weighted by Crippen LogP contribution is -2.33. The standard InChI is InChI=1S/C16H27NO3/c1-12-8-9-16(20-12)13(2)17-10-14(18)11-19-15-6-4-3-5-7-15/h8-9,13-15,17-18H,3-7,10-11H2,1-2H3. The Morgan fingerprint density at radius 2 is 2.10 bits per heavy atom. The lowest BCUT2D eigenvalue weighted by molar-refractivity contribution is -0.0236. The largest absolute Gasteiger partial charge is 0.465 e. The van der Waals surface area contributed by atoms with E-state index in [0.29, 0.717) is 19.3 Å². The van der Waals surface area contributed by atoms with E-state index in [2.05, 4.69) is 5.32 Å². The minimum Gasteiger partial charge on any atom is -0.465 e. The van der Waals surface area contributed by atoms with Crippen LogP contribution in [0.1, 0.15) is 56.6 Å². The van der Waals surface area contributed by atoms with Crippen molar-refractivity contribution in [1.29, 1.82) is 0 Å². The van der Waals surface area contributed by atoms with Crippen molar-refractivity contribution < 1.29 is 14.3 Å². The zero-order valence-corrected chi connectivity index (χ0v) is 12.6. The number of ether oxygens (including phenoxy) is 1. The number of furan rings is 1. The molecule has 1 fully saturated rings. The number of aliphatic hydroxyl groups is 1. The van der Waals surface area contributed by atoms with Crippen LogP contribution in [0.4, 0.5) is 0 Å². The van der Waals surface area contributed by atoms with E-state index in [-0.39, 0.29) is 6.04 Å².